The zero-order valence-corrected chi connectivity index (χ0v) is 12.7. The van der Waals surface area contributed by atoms with E-state index in [4.69, 9.17) is 10.5 Å². The van der Waals surface area contributed by atoms with Crippen LogP contribution in [-0.4, -0.2) is 38.6 Å². The van der Waals surface area contributed by atoms with Gasteiger partial charge >= 0.3 is 5.51 Å². The molecule has 0 aliphatic carbocycles. The van der Waals surface area contributed by atoms with E-state index >= 15 is 0 Å². The number of rotatable bonds is 5. The lowest BCUT2D eigenvalue weighted by Gasteiger charge is -2.14. The van der Waals surface area contributed by atoms with Crippen LogP contribution in [0.25, 0.3) is 0 Å². The second-order valence-electron chi connectivity index (χ2n) is 5.08. The van der Waals surface area contributed by atoms with Gasteiger partial charge < -0.3 is 15.8 Å². The van der Waals surface area contributed by atoms with Crippen molar-refractivity contribution in [2.75, 3.05) is 11.9 Å². The van der Waals surface area contributed by atoms with Crippen molar-refractivity contribution in [1.82, 2.24) is 0 Å². The largest absolute Gasteiger partial charge is 0.501 e. The number of carbonyl (C=O) groups excluding carboxylic acids is 1. The number of alkyl halides is 3. The van der Waals surface area contributed by atoms with Gasteiger partial charge in [-0.1, -0.05) is 0 Å². The Balaban J connectivity index is 1.95. The molecular weight excluding hydrogens is 337 g/mol. The summed E-state index contributed by atoms with van der Waals surface area (Å²) in [4.78, 5) is 10.1. The van der Waals surface area contributed by atoms with Gasteiger partial charge in [0.25, 0.3) is 9.84 Å². The Morgan fingerprint density at radius 3 is 2.35 bits per heavy atom. The number of anilines is 1. The molecule has 6 nitrogen and oxygen atoms in total. The first kappa shape index (κ1) is 17.5. The molecule has 0 saturated carbocycles. The van der Waals surface area contributed by atoms with Gasteiger partial charge in [0.2, 0.25) is 5.91 Å². The molecule has 1 aromatic carbocycles. The van der Waals surface area contributed by atoms with Crippen molar-refractivity contribution in [2.45, 2.75) is 35.5 Å². The topological polar surface area (TPSA) is 98.5 Å². The molecule has 0 spiro atoms. The van der Waals surface area contributed by atoms with Gasteiger partial charge in [0.15, 0.2) is 0 Å². The molecule has 1 amide bonds. The Kier molecular flexibility index (Phi) is 4.85. The normalized spacial score (nSPS) is 22.0. The molecular formula is C13H15F3N2O4S. The molecule has 128 valence electrons. The van der Waals surface area contributed by atoms with Gasteiger partial charge in [0, 0.05) is 12.2 Å². The molecule has 3 N–H and O–H groups in total. The lowest BCUT2D eigenvalue weighted by atomic mass is 10.2. The van der Waals surface area contributed by atoms with Gasteiger partial charge in [-0.15, -0.1) is 0 Å². The van der Waals surface area contributed by atoms with E-state index in [0.29, 0.717) is 25.1 Å². The number of benzene rings is 1. The lowest BCUT2D eigenvalue weighted by molar-refractivity contribution is -0.128. The van der Waals surface area contributed by atoms with E-state index in [1.807, 2.05) is 0 Å². The van der Waals surface area contributed by atoms with Crippen LogP contribution in [0.1, 0.15) is 12.8 Å². The predicted molar refractivity (Wildman–Crippen MR) is 75.3 cm³/mol. The molecule has 1 aliphatic rings. The minimum absolute atomic E-state index is 0.244. The monoisotopic (exact) mass is 352 g/mol. The highest BCUT2D eigenvalue weighted by molar-refractivity contribution is 7.92. The fourth-order valence-corrected chi connectivity index (χ4v) is 2.94. The van der Waals surface area contributed by atoms with Gasteiger partial charge in [-0.25, -0.2) is 8.42 Å². The van der Waals surface area contributed by atoms with Crippen molar-refractivity contribution in [2.24, 2.45) is 5.73 Å². The van der Waals surface area contributed by atoms with Crippen LogP contribution >= 0.6 is 0 Å². The third-order valence-corrected chi connectivity index (χ3v) is 4.93. The average Bonchev–Trinajstić information content (AvgIpc) is 2.93. The maximum Gasteiger partial charge on any atom is 0.501 e. The number of nitrogens with two attached hydrogens (primary N) is 1. The number of amides is 1. The summed E-state index contributed by atoms with van der Waals surface area (Å²) in [5.41, 5.74) is 0.239. The number of hydrogen-bond acceptors (Lipinski definition) is 5. The number of primary amides is 1. The van der Waals surface area contributed by atoms with Gasteiger partial charge in [0.05, 0.1) is 11.0 Å². The summed E-state index contributed by atoms with van der Waals surface area (Å²) in [6.07, 6.45) is 0.276. The number of sulfone groups is 1. The summed E-state index contributed by atoms with van der Waals surface area (Å²) in [5, 5.41) is 2.91. The standard InChI is InChI=1S/C13H15F3N2O4S/c14-13(15,16)23(20,21)10-4-1-8(2-5-10)18-7-9-3-6-11(22-9)12(17)19/h1-2,4-5,9,11,18H,3,6-7H2,(H2,17,19). The molecule has 10 heteroatoms. The maximum absolute atomic E-state index is 12.4. The Hall–Kier alpha value is -1.81. The minimum Gasteiger partial charge on any atom is -0.382 e. The smallest absolute Gasteiger partial charge is 0.382 e. The highest BCUT2D eigenvalue weighted by Crippen LogP contribution is 2.30. The maximum atomic E-state index is 12.4. The van der Waals surface area contributed by atoms with Crippen molar-refractivity contribution < 1.29 is 31.1 Å². The summed E-state index contributed by atoms with van der Waals surface area (Å²) in [6, 6.07) is 4.23. The van der Waals surface area contributed by atoms with Crippen LogP contribution in [0, 0.1) is 0 Å². The van der Waals surface area contributed by atoms with Crippen molar-refractivity contribution in [1.29, 1.82) is 0 Å². The van der Waals surface area contributed by atoms with E-state index in [2.05, 4.69) is 5.32 Å². The number of hydrogen-bond donors (Lipinski definition) is 2. The average molecular weight is 352 g/mol. The molecule has 2 unspecified atom stereocenters. The number of halogens is 3. The molecule has 2 atom stereocenters. The van der Waals surface area contributed by atoms with E-state index in [1.54, 1.807) is 0 Å². The molecule has 0 radical (unpaired) electrons. The van der Waals surface area contributed by atoms with Crippen LogP contribution in [0.15, 0.2) is 29.2 Å². The highest BCUT2D eigenvalue weighted by atomic mass is 32.2. The van der Waals surface area contributed by atoms with Crippen LogP contribution in [0.2, 0.25) is 0 Å². The van der Waals surface area contributed by atoms with Crippen LogP contribution in [0.5, 0.6) is 0 Å². The van der Waals surface area contributed by atoms with Gasteiger partial charge in [0.1, 0.15) is 6.10 Å². The summed E-state index contributed by atoms with van der Waals surface area (Å²) in [5.74, 6) is -0.533. The van der Waals surface area contributed by atoms with Crippen LogP contribution in [0.4, 0.5) is 18.9 Å². The van der Waals surface area contributed by atoms with Crippen molar-refractivity contribution in [3.8, 4) is 0 Å². The zero-order valence-electron chi connectivity index (χ0n) is 11.8. The Morgan fingerprint density at radius 2 is 1.87 bits per heavy atom. The molecule has 1 fully saturated rings. The quantitative estimate of drug-likeness (QED) is 0.835. The van der Waals surface area contributed by atoms with E-state index in [0.717, 1.165) is 12.1 Å². The Bertz CT molecular complexity index is 673. The number of carbonyl (C=O) groups is 1. The zero-order chi connectivity index (χ0) is 17.3. The number of nitrogens with one attached hydrogen (secondary N) is 1. The van der Waals surface area contributed by atoms with Crippen molar-refractivity contribution in [3.63, 3.8) is 0 Å². The highest BCUT2D eigenvalue weighted by Gasteiger charge is 2.46. The second-order valence-corrected chi connectivity index (χ2v) is 7.02. The first-order valence-corrected chi connectivity index (χ1v) is 8.19. The Labute approximate surface area is 130 Å². The predicted octanol–water partition coefficient (Wildman–Crippen LogP) is 1.42. The van der Waals surface area contributed by atoms with E-state index in [9.17, 15) is 26.4 Å². The van der Waals surface area contributed by atoms with Crippen LogP contribution in [0.3, 0.4) is 0 Å². The number of ether oxygens (including phenoxy) is 1. The second kappa shape index (κ2) is 6.36. The first-order valence-electron chi connectivity index (χ1n) is 6.71. The molecule has 1 saturated heterocycles. The Morgan fingerprint density at radius 1 is 1.26 bits per heavy atom. The van der Waals surface area contributed by atoms with E-state index < -0.39 is 32.3 Å². The van der Waals surface area contributed by atoms with Crippen molar-refractivity contribution in [3.05, 3.63) is 24.3 Å². The lowest BCUT2D eigenvalue weighted by Crippen LogP contribution is -2.30. The summed E-state index contributed by atoms with van der Waals surface area (Å²) in [7, 11) is -5.34. The van der Waals surface area contributed by atoms with Crippen LogP contribution < -0.4 is 11.1 Å². The summed E-state index contributed by atoms with van der Waals surface area (Å²) >= 11 is 0. The molecule has 0 bridgehead atoms. The fourth-order valence-electron chi connectivity index (χ4n) is 2.18. The molecule has 23 heavy (non-hydrogen) atoms. The van der Waals surface area contributed by atoms with Gasteiger partial charge in [-0.05, 0) is 37.1 Å². The molecule has 0 aromatic heterocycles. The third-order valence-electron chi connectivity index (χ3n) is 3.43. The van der Waals surface area contributed by atoms with E-state index in [-0.39, 0.29) is 6.10 Å². The van der Waals surface area contributed by atoms with Gasteiger partial charge in [-0.2, -0.15) is 13.2 Å². The minimum atomic E-state index is -5.34. The third kappa shape index (κ3) is 3.94. The van der Waals surface area contributed by atoms with E-state index in [1.165, 1.54) is 12.1 Å². The molecule has 1 aliphatic heterocycles. The summed E-state index contributed by atoms with van der Waals surface area (Å²) < 4.78 is 65.1. The summed E-state index contributed by atoms with van der Waals surface area (Å²) in [6.45, 7) is 0.329. The molecule has 2 rings (SSSR count). The SMILES string of the molecule is NC(=O)C1CCC(CNc2ccc(S(=O)(=O)C(F)(F)F)cc2)O1. The van der Waals surface area contributed by atoms with Gasteiger partial charge in [-0.3, -0.25) is 4.79 Å². The molecule has 1 heterocycles. The first-order chi connectivity index (χ1) is 10.6. The van der Waals surface area contributed by atoms with Crippen LogP contribution in [-0.2, 0) is 19.4 Å². The fraction of sp³-hybridized carbons (Fsp3) is 0.462. The van der Waals surface area contributed by atoms with Crippen molar-refractivity contribution >= 4 is 21.4 Å². The molecule has 1 aromatic rings.